The lowest BCUT2D eigenvalue weighted by atomic mass is 10.3. The van der Waals surface area contributed by atoms with Crippen LogP contribution >= 0.6 is 11.6 Å². The summed E-state index contributed by atoms with van der Waals surface area (Å²) >= 11 is 5.76. The summed E-state index contributed by atoms with van der Waals surface area (Å²) in [6, 6.07) is 7.31. The van der Waals surface area contributed by atoms with Crippen LogP contribution in [0.1, 0.15) is 19.3 Å². The van der Waals surface area contributed by atoms with E-state index in [1.807, 2.05) is 12.1 Å². The molecule has 0 amide bonds. The van der Waals surface area contributed by atoms with Gasteiger partial charge in [-0.1, -0.05) is 11.6 Å². The molecule has 80 valence electrons. The Hall–Kier alpha value is -1.06. The van der Waals surface area contributed by atoms with Crippen molar-refractivity contribution in [2.45, 2.75) is 25.4 Å². The first-order chi connectivity index (χ1) is 7.25. The molecule has 1 aromatic carbocycles. The second-order valence-corrected chi connectivity index (χ2v) is 4.07. The molecule has 1 atom stereocenters. The summed E-state index contributed by atoms with van der Waals surface area (Å²) < 4.78 is 0. The Balaban J connectivity index is 2.00. The summed E-state index contributed by atoms with van der Waals surface area (Å²) in [5, 5.41) is 14.4. The van der Waals surface area contributed by atoms with Crippen LogP contribution in [-0.2, 0) is 0 Å². The van der Waals surface area contributed by atoms with Gasteiger partial charge in [-0.3, -0.25) is 5.43 Å². The fourth-order valence-corrected chi connectivity index (χ4v) is 1.73. The van der Waals surface area contributed by atoms with Gasteiger partial charge in [-0.05, 0) is 43.5 Å². The maximum Gasteiger partial charge on any atom is 0.0938 e. The Bertz CT molecular complexity index is 361. The summed E-state index contributed by atoms with van der Waals surface area (Å²) in [6.45, 7) is 0. The molecule has 1 unspecified atom stereocenters. The molecule has 1 aliphatic rings. The summed E-state index contributed by atoms with van der Waals surface area (Å²) in [5.41, 5.74) is 4.63. The van der Waals surface area contributed by atoms with Crippen LogP contribution in [0.2, 0.25) is 5.02 Å². The highest BCUT2D eigenvalue weighted by atomic mass is 35.5. The van der Waals surface area contributed by atoms with Crippen molar-refractivity contribution >= 4 is 23.0 Å². The first kappa shape index (κ1) is 10.5. The second kappa shape index (κ2) is 4.64. The van der Waals surface area contributed by atoms with E-state index in [9.17, 15) is 5.11 Å². The first-order valence-electron chi connectivity index (χ1n) is 5.02. The molecule has 0 bridgehead atoms. The second-order valence-electron chi connectivity index (χ2n) is 3.63. The number of rotatable bonds is 2. The molecule has 4 heteroatoms. The Morgan fingerprint density at radius 2 is 2.07 bits per heavy atom. The van der Waals surface area contributed by atoms with E-state index in [2.05, 4.69) is 10.5 Å². The smallest absolute Gasteiger partial charge is 0.0938 e. The van der Waals surface area contributed by atoms with E-state index in [1.54, 1.807) is 12.1 Å². The average molecular weight is 225 g/mol. The average Bonchev–Trinajstić information content (AvgIpc) is 2.63. The molecular weight excluding hydrogens is 212 g/mol. The van der Waals surface area contributed by atoms with E-state index < -0.39 is 0 Å². The number of nitrogens with one attached hydrogen (secondary N) is 1. The fourth-order valence-electron chi connectivity index (χ4n) is 1.60. The highest BCUT2D eigenvalue weighted by Gasteiger charge is 2.19. The molecule has 1 aromatic rings. The molecule has 3 nitrogen and oxygen atoms in total. The zero-order valence-electron chi connectivity index (χ0n) is 8.28. The number of hydrogen-bond acceptors (Lipinski definition) is 3. The molecule has 0 radical (unpaired) electrons. The van der Waals surface area contributed by atoms with E-state index in [4.69, 9.17) is 11.6 Å². The summed E-state index contributed by atoms with van der Waals surface area (Å²) in [4.78, 5) is 0. The molecule has 0 heterocycles. The Kier molecular flexibility index (Phi) is 3.23. The van der Waals surface area contributed by atoms with Gasteiger partial charge in [0.25, 0.3) is 0 Å². The van der Waals surface area contributed by atoms with Crippen molar-refractivity contribution in [1.82, 2.24) is 0 Å². The topological polar surface area (TPSA) is 44.6 Å². The third kappa shape index (κ3) is 2.70. The van der Waals surface area contributed by atoms with Crippen LogP contribution in [0.5, 0.6) is 0 Å². The van der Waals surface area contributed by atoms with Crippen LogP contribution in [0.3, 0.4) is 0 Å². The lowest BCUT2D eigenvalue weighted by Gasteiger charge is -2.04. The quantitative estimate of drug-likeness (QED) is 0.759. The Labute approximate surface area is 93.8 Å². The SMILES string of the molecule is OC1CCCC1=NNc1ccc(Cl)cc1. The van der Waals surface area contributed by atoms with Crippen LogP contribution in [0.4, 0.5) is 5.69 Å². The van der Waals surface area contributed by atoms with E-state index in [0.29, 0.717) is 5.02 Å². The molecule has 0 aromatic heterocycles. The molecule has 0 saturated heterocycles. The Morgan fingerprint density at radius 3 is 2.67 bits per heavy atom. The number of aliphatic hydroxyl groups excluding tert-OH is 1. The number of nitrogens with zero attached hydrogens (tertiary/aromatic N) is 1. The van der Waals surface area contributed by atoms with E-state index in [0.717, 1.165) is 30.7 Å². The third-order valence-corrected chi connectivity index (χ3v) is 2.72. The van der Waals surface area contributed by atoms with Crippen LogP contribution < -0.4 is 5.43 Å². The van der Waals surface area contributed by atoms with Gasteiger partial charge in [-0.2, -0.15) is 5.10 Å². The van der Waals surface area contributed by atoms with Gasteiger partial charge in [0, 0.05) is 5.02 Å². The van der Waals surface area contributed by atoms with Gasteiger partial charge in [0.05, 0.1) is 17.5 Å². The normalized spacial score (nSPS) is 23.3. The van der Waals surface area contributed by atoms with E-state index in [-0.39, 0.29) is 6.10 Å². The van der Waals surface area contributed by atoms with Crippen molar-refractivity contribution in [2.75, 3.05) is 5.43 Å². The highest BCUT2D eigenvalue weighted by Crippen LogP contribution is 2.17. The molecular formula is C11H13ClN2O. The first-order valence-corrected chi connectivity index (χ1v) is 5.39. The van der Waals surface area contributed by atoms with Gasteiger partial charge in [0.2, 0.25) is 0 Å². The lowest BCUT2D eigenvalue weighted by molar-refractivity contribution is 0.242. The van der Waals surface area contributed by atoms with Crippen LogP contribution in [0.25, 0.3) is 0 Å². The maximum atomic E-state index is 9.52. The third-order valence-electron chi connectivity index (χ3n) is 2.47. The van der Waals surface area contributed by atoms with Gasteiger partial charge in [-0.15, -0.1) is 0 Å². The predicted octanol–water partition coefficient (Wildman–Crippen LogP) is 2.65. The zero-order valence-corrected chi connectivity index (χ0v) is 9.04. The zero-order chi connectivity index (χ0) is 10.7. The number of anilines is 1. The number of hydrogen-bond donors (Lipinski definition) is 2. The van der Waals surface area contributed by atoms with Crippen LogP contribution in [0, 0.1) is 0 Å². The minimum absolute atomic E-state index is 0.371. The van der Waals surface area contributed by atoms with Gasteiger partial charge in [-0.25, -0.2) is 0 Å². The van der Waals surface area contributed by atoms with Gasteiger partial charge < -0.3 is 5.11 Å². The largest absolute Gasteiger partial charge is 0.387 e. The van der Waals surface area contributed by atoms with Crippen molar-refractivity contribution in [3.63, 3.8) is 0 Å². The molecule has 1 fully saturated rings. The molecule has 1 aliphatic carbocycles. The molecule has 0 spiro atoms. The summed E-state index contributed by atoms with van der Waals surface area (Å²) in [7, 11) is 0. The monoisotopic (exact) mass is 224 g/mol. The van der Waals surface area contributed by atoms with Crippen molar-refractivity contribution in [3.05, 3.63) is 29.3 Å². The van der Waals surface area contributed by atoms with Gasteiger partial charge >= 0.3 is 0 Å². The highest BCUT2D eigenvalue weighted by molar-refractivity contribution is 6.30. The molecule has 2 N–H and O–H groups in total. The number of halogens is 1. The fraction of sp³-hybridized carbons (Fsp3) is 0.364. The van der Waals surface area contributed by atoms with Crippen molar-refractivity contribution in [2.24, 2.45) is 5.10 Å². The standard InChI is InChI=1S/C11H13ClN2O/c12-8-4-6-9(7-5-8)13-14-10-2-1-3-11(10)15/h4-7,11,13,15H,1-3H2. The van der Waals surface area contributed by atoms with Gasteiger partial charge in [0.1, 0.15) is 0 Å². The molecule has 2 rings (SSSR count). The Morgan fingerprint density at radius 1 is 1.33 bits per heavy atom. The summed E-state index contributed by atoms with van der Waals surface area (Å²) in [5.74, 6) is 0. The number of aliphatic hydroxyl groups is 1. The minimum atomic E-state index is -0.371. The van der Waals surface area contributed by atoms with Crippen LogP contribution in [-0.4, -0.2) is 16.9 Å². The minimum Gasteiger partial charge on any atom is -0.387 e. The number of hydrazone groups is 1. The van der Waals surface area contributed by atoms with Crippen molar-refractivity contribution in [1.29, 1.82) is 0 Å². The van der Waals surface area contributed by atoms with E-state index in [1.165, 1.54) is 0 Å². The molecule has 0 aliphatic heterocycles. The molecule has 1 saturated carbocycles. The van der Waals surface area contributed by atoms with Gasteiger partial charge in [0.15, 0.2) is 0 Å². The van der Waals surface area contributed by atoms with Crippen molar-refractivity contribution < 1.29 is 5.11 Å². The lowest BCUT2D eigenvalue weighted by Crippen LogP contribution is -2.13. The van der Waals surface area contributed by atoms with Crippen molar-refractivity contribution in [3.8, 4) is 0 Å². The van der Waals surface area contributed by atoms with E-state index >= 15 is 0 Å². The van der Waals surface area contributed by atoms with Crippen LogP contribution in [0.15, 0.2) is 29.4 Å². The summed E-state index contributed by atoms with van der Waals surface area (Å²) in [6.07, 6.45) is 2.34. The number of benzene rings is 1. The predicted molar refractivity (Wildman–Crippen MR) is 62.4 cm³/mol. The maximum absolute atomic E-state index is 9.52. The molecule has 15 heavy (non-hydrogen) atoms.